The van der Waals surface area contributed by atoms with Crippen LogP contribution in [0.15, 0.2) is 70.5 Å². The number of nitrogens with one attached hydrogen (secondary N) is 1. The van der Waals surface area contributed by atoms with Gasteiger partial charge in [0.1, 0.15) is 6.54 Å². The highest BCUT2D eigenvalue weighted by atomic mass is 16.2. The van der Waals surface area contributed by atoms with E-state index >= 15 is 0 Å². The van der Waals surface area contributed by atoms with Gasteiger partial charge < -0.3 is 5.32 Å². The molecule has 0 unspecified atom stereocenters. The molecule has 0 aliphatic heterocycles. The molecular formula is C24H23N5O3. The third-order valence-electron chi connectivity index (χ3n) is 5.40. The van der Waals surface area contributed by atoms with E-state index < -0.39 is 17.2 Å². The molecule has 0 aliphatic rings. The van der Waals surface area contributed by atoms with Gasteiger partial charge in [0.15, 0.2) is 11.2 Å². The monoisotopic (exact) mass is 429 g/mol. The summed E-state index contributed by atoms with van der Waals surface area (Å²) in [5, 5.41) is 2.81. The average molecular weight is 429 g/mol. The van der Waals surface area contributed by atoms with E-state index in [-0.39, 0.29) is 24.3 Å². The van der Waals surface area contributed by atoms with Crippen LogP contribution < -0.4 is 16.6 Å². The largest absolute Gasteiger partial charge is 0.333 e. The zero-order chi connectivity index (χ0) is 22.7. The lowest BCUT2D eigenvalue weighted by Crippen LogP contribution is -2.42. The summed E-state index contributed by atoms with van der Waals surface area (Å²) in [6.45, 7) is 3.84. The Labute approximate surface area is 184 Å². The van der Waals surface area contributed by atoms with Crippen molar-refractivity contribution in [1.29, 1.82) is 0 Å². The number of aromatic nitrogens is 4. The molecular weight excluding hydrogens is 406 g/mol. The standard InChI is InChI=1S/C24H23N5O3/c1-16-8-9-19(14-17(16)2)27-20(30)15-29-22-21(25-11-12-26-22)23(31)28(24(29)32)13-10-18-6-4-3-5-7-18/h3-9,11-12,14H,10,13,15H2,1-2H3,(H,27,30). The lowest BCUT2D eigenvalue weighted by Gasteiger charge is -2.13. The maximum Gasteiger partial charge on any atom is 0.333 e. The number of hydrogen-bond donors (Lipinski definition) is 1. The van der Waals surface area contributed by atoms with E-state index in [2.05, 4.69) is 15.3 Å². The highest BCUT2D eigenvalue weighted by molar-refractivity contribution is 5.91. The Morgan fingerprint density at radius 2 is 1.69 bits per heavy atom. The number of rotatable bonds is 6. The Morgan fingerprint density at radius 1 is 0.938 bits per heavy atom. The number of carbonyl (C=O) groups excluding carboxylic acids is 1. The van der Waals surface area contributed by atoms with Gasteiger partial charge in [0.05, 0.1) is 0 Å². The molecule has 2 aromatic heterocycles. The van der Waals surface area contributed by atoms with E-state index in [1.807, 2.05) is 62.4 Å². The lowest BCUT2D eigenvalue weighted by atomic mass is 10.1. The van der Waals surface area contributed by atoms with Crippen LogP contribution in [0.4, 0.5) is 5.69 Å². The molecule has 0 fully saturated rings. The summed E-state index contributed by atoms with van der Waals surface area (Å²) in [5.74, 6) is -0.393. The molecule has 1 N–H and O–H groups in total. The minimum absolute atomic E-state index is 0.0548. The van der Waals surface area contributed by atoms with Crippen LogP contribution in [-0.2, 0) is 24.3 Å². The van der Waals surface area contributed by atoms with Crippen LogP contribution in [0.5, 0.6) is 0 Å². The van der Waals surface area contributed by atoms with Crippen LogP contribution in [0.25, 0.3) is 11.2 Å². The number of hydrogen-bond acceptors (Lipinski definition) is 5. The highest BCUT2D eigenvalue weighted by Gasteiger charge is 2.17. The Kier molecular flexibility index (Phi) is 5.93. The second kappa shape index (κ2) is 8.97. The number of benzene rings is 2. The van der Waals surface area contributed by atoms with Gasteiger partial charge in [-0.05, 0) is 49.1 Å². The summed E-state index contributed by atoms with van der Waals surface area (Å²) in [4.78, 5) is 47.1. The molecule has 0 saturated heterocycles. The topological polar surface area (TPSA) is 98.9 Å². The molecule has 2 heterocycles. The van der Waals surface area contributed by atoms with Gasteiger partial charge in [-0.1, -0.05) is 36.4 Å². The first-order valence-corrected chi connectivity index (χ1v) is 10.3. The van der Waals surface area contributed by atoms with Gasteiger partial charge in [0.25, 0.3) is 5.56 Å². The van der Waals surface area contributed by atoms with Gasteiger partial charge in [0, 0.05) is 24.6 Å². The third kappa shape index (κ3) is 4.34. The first-order valence-electron chi connectivity index (χ1n) is 10.3. The van der Waals surface area contributed by atoms with Gasteiger partial charge >= 0.3 is 5.69 Å². The van der Waals surface area contributed by atoms with Crippen molar-refractivity contribution >= 4 is 22.8 Å². The lowest BCUT2D eigenvalue weighted by molar-refractivity contribution is -0.116. The molecule has 0 aliphatic carbocycles. The molecule has 0 atom stereocenters. The zero-order valence-corrected chi connectivity index (χ0v) is 17.9. The maximum atomic E-state index is 13.2. The number of fused-ring (bicyclic) bond motifs is 1. The molecule has 8 nitrogen and oxygen atoms in total. The fraction of sp³-hybridized carbons (Fsp3) is 0.208. The molecule has 162 valence electrons. The molecule has 8 heteroatoms. The number of aryl methyl sites for hydroxylation is 3. The van der Waals surface area contributed by atoms with Gasteiger partial charge in [0.2, 0.25) is 5.91 Å². The number of carbonyl (C=O) groups is 1. The fourth-order valence-corrected chi connectivity index (χ4v) is 3.52. The van der Waals surface area contributed by atoms with Crippen molar-refractivity contribution in [3.05, 3.63) is 98.5 Å². The van der Waals surface area contributed by atoms with Crippen molar-refractivity contribution < 1.29 is 4.79 Å². The van der Waals surface area contributed by atoms with Crippen LogP contribution in [0.3, 0.4) is 0 Å². The minimum atomic E-state index is -0.589. The van der Waals surface area contributed by atoms with Crippen LogP contribution in [0.1, 0.15) is 16.7 Å². The summed E-state index contributed by atoms with van der Waals surface area (Å²) < 4.78 is 2.32. The van der Waals surface area contributed by atoms with Crippen molar-refractivity contribution in [1.82, 2.24) is 19.1 Å². The van der Waals surface area contributed by atoms with Gasteiger partial charge in [-0.25, -0.2) is 14.8 Å². The predicted octanol–water partition coefficient (Wildman–Crippen LogP) is 2.45. The van der Waals surface area contributed by atoms with Crippen LogP contribution in [0.2, 0.25) is 0 Å². The van der Waals surface area contributed by atoms with Gasteiger partial charge in [-0.3, -0.25) is 18.7 Å². The smallest absolute Gasteiger partial charge is 0.325 e. The quantitative estimate of drug-likeness (QED) is 0.508. The average Bonchev–Trinajstić information content (AvgIpc) is 2.80. The van der Waals surface area contributed by atoms with E-state index in [4.69, 9.17) is 0 Å². The van der Waals surface area contributed by atoms with Crippen LogP contribution in [0, 0.1) is 13.8 Å². The normalized spacial score (nSPS) is 10.9. The second-order valence-corrected chi connectivity index (χ2v) is 7.64. The molecule has 0 bridgehead atoms. The van der Waals surface area contributed by atoms with E-state index in [1.54, 1.807) is 0 Å². The molecule has 0 radical (unpaired) electrons. The van der Waals surface area contributed by atoms with Crippen molar-refractivity contribution in [3.63, 3.8) is 0 Å². The second-order valence-electron chi connectivity index (χ2n) is 7.64. The van der Waals surface area contributed by atoms with Crippen LogP contribution >= 0.6 is 0 Å². The molecule has 0 spiro atoms. The van der Waals surface area contributed by atoms with Gasteiger partial charge in [-0.15, -0.1) is 0 Å². The Bertz CT molecular complexity index is 1410. The summed E-state index contributed by atoms with van der Waals surface area (Å²) in [6.07, 6.45) is 3.29. The Balaban J connectivity index is 1.68. The van der Waals surface area contributed by atoms with E-state index in [0.29, 0.717) is 12.1 Å². The third-order valence-corrected chi connectivity index (χ3v) is 5.40. The first-order chi connectivity index (χ1) is 15.4. The molecule has 1 amide bonds. The fourth-order valence-electron chi connectivity index (χ4n) is 3.52. The minimum Gasteiger partial charge on any atom is -0.325 e. The molecule has 0 saturated carbocycles. The van der Waals surface area contributed by atoms with E-state index in [9.17, 15) is 14.4 Å². The predicted molar refractivity (Wildman–Crippen MR) is 123 cm³/mol. The molecule has 2 aromatic carbocycles. The van der Waals surface area contributed by atoms with Crippen LogP contribution in [-0.4, -0.2) is 25.0 Å². The summed E-state index contributed by atoms with van der Waals surface area (Å²) in [6, 6.07) is 15.2. The summed E-state index contributed by atoms with van der Waals surface area (Å²) in [7, 11) is 0. The van der Waals surface area contributed by atoms with E-state index in [1.165, 1.54) is 17.0 Å². The molecule has 32 heavy (non-hydrogen) atoms. The Morgan fingerprint density at radius 3 is 2.44 bits per heavy atom. The molecule has 4 aromatic rings. The van der Waals surface area contributed by atoms with Crippen molar-refractivity contribution in [2.24, 2.45) is 0 Å². The van der Waals surface area contributed by atoms with Crippen molar-refractivity contribution in [2.45, 2.75) is 33.4 Å². The highest BCUT2D eigenvalue weighted by Crippen LogP contribution is 2.14. The van der Waals surface area contributed by atoms with E-state index in [0.717, 1.165) is 21.3 Å². The Hall–Kier alpha value is -4.07. The van der Waals surface area contributed by atoms with Crippen molar-refractivity contribution in [3.8, 4) is 0 Å². The number of nitrogens with zero attached hydrogens (tertiary/aromatic N) is 4. The summed E-state index contributed by atoms with van der Waals surface area (Å²) in [5.41, 5.74) is 2.84. The SMILES string of the molecule is Cc1ccc(NC(=O)Cn2c(=O)n(CCc3ccccc3)c(=O)c3nccnc32)cc1C. The van der Waals surface area contributed by atoms with Crippen molar-refractivity contribution in [2.75, 3.05) is 5.32 Å². The summed E-state index contributed by atoms with van der Waals surface area (Å²) >= 11 is 0. The molecule has 4 rings (SSSR count). The maximum absolute atomic E-state index is 13.2. The van der Waals surface area contributed by atoms with Gasteiger partial charge in [-0.2, -0.15) is 0 Å². The number of anilines is 1. The zero-order valence-electron chi connectivity index (χ0n) is 17.9. The first kappa shape index (κ1) is 21.2. The number of amides is 1.